The minimum absolute atomic E-state index is 0.00619. The first-order valence-electron chi connectivity index (χ1n) is 16.9. The monoisotopic (exact) mass is 969 g/mol. The molecule has 0 spiro atoms. The van der Waals surface area contributed by atoms with Crippen LogP contribution in [0.4, 0.5) is 87.8 Å². The van der Waals surface area contributed by atoms with Gasteiger partial charge in [-0.05, 0) is 0 Å². The third kappa shape index (κ3) is 8.20. The highest BCUT2D eigenvalue weighted by Crippen LogP contribution is 2.30. The van der Waals surface area contributed by atoms with Gasteiger partial charge in [-0.1, -0.05) is 41.9 Å². The maximum Gasteiger partial charge on any atom is 0.339 e. The lowest BCUT2D eigenvalue weighted by Crippen LogP contribution is -2.81. The summed E-state index contributed by atoms with van der Waals surface area (Å²) in [7, 11) is 0. The van der Waals surface area contributed by atoms with Gasteiger partial charge >= 0.3 is 5.97 Å². The fourth-order valence-corrected chi connectivity index (χ4v) is 6.69. The van der Waals surface area contributed by atoms with Gasteiger partial charge < -0.3 is 4.74 Å². The van der Waals surface area contributed by atoms with E-state index in [1.54, 1.807) is 41.2 Å². The molecule has 342 valence electrons. The Morgan fingerprint density at radius 1 is 0.400 bits per heavy atom. The van der Waals surface area contributed by atoms with Gasteiger partial charge in [-0.3, -0.25) is 4.79 Å². The van der Waals surface area contributed by atoms with Gasteiger partial charge in [0.1, 0.15) is 52.7 Å². The molecule has 0 aliphatic rings. The minimum atomic E-state index is -7.22. The summed E-state index contributed by atoms with van der Waals surface area (Å²) in [6.07, 6.45) is -3.90. The van der Waals surface area contributed by atoms with Gasteiger partial charge in [0.2, 0.25) is 12.3 Å². The van der Waals surface area contributed by atoms with E-state index in [1.165, 1.54) is 0 Å². The largest absolute Gasteiger partial charge is 0.446 e. The number of rotatable bonds is 9. The van der Waals surface area contributed by atoms with Crippen LogP contribution >= 0.6 is 11.6 Å². The molecule has 1 aromatic heterocycles. The van der Waals surface area contributed by atoms with Gasteiger partial charge in [0.05, 0.1) is 5.56 Å². The zero-order valence-corrected chi connectivity index (χ0v) is 31.6. The zero-order valence-electron chi connectivity index (χ0n) is 30.8. The molecule has 5 aromatic carbocycles. The average molecular weight is 970 g/mol. The topological polar surface area (TPSA) is 47.2 Å². The Hall–Kier alpha value is -6.66. The minimum Gasteiger partial charge on any atom is -0.446 e. The molecule has 65 heavy (non-hydrogen) atoms. The number of ether oxygens (including phenoxy) is 1. The summed E-state index contributed by atoms with van der Waals surface area (Å²) in [4.78, 5) is 23.4. The van der Waals surface area contributed by atoms with Crippen LogP contribution in [-0.2, 0) is 11.3 Å². The molecule has 0 radical (unpaired) electrons. The number of esters is 1. The summed E-state index contributed by atoms with van der Waals surface area (Å²) in [6.45, 7) is 0.217. The second kappa shape index (κ2) is 18.8. The Labute approximate surface area is 352 Å². The molecule has 0 amide bonds. The smallest absolute Gasteiger partial charge is 0.339 e. The van der Waals surface area contributed by atoms with Crippen LogP contribution in [0.15, 0.2) is 54.9 Å². The number of Topliss-reactive ketones (excluding diaryl/α,β-unsaturated/α-hetero) is 1. The number of carbonyl (C=O) groups excluding carboxylic acids is 2. The lowest BCUT2D eigenvalue weighted by atomic mass is 9.12. The number of carbonyl (C=O) groups is 2. The normalized spacial score (nSPS) is 11.4. The van der Waals surface area contributed by atoms with E-state index in [4.69, 9.17) is 11.6 Å². The first-order chi connectivity index (χ1) is 30.4. The summed E-state index contributed by atoms with van der Waals surface area (Å²) in [5.41, 5.74) is -13.3. The van der Waals surface area contributed by atoms with Crippen molar-refractivity contribution < 1.29 is 107 Å². The second-order valence-corrected chi connectivity index (χ2v) is 13.1. The predicted molar refractivity (Wildman–Crippen MR) is 183 cm³/mol. The van der Waals surface area contributed by atoms with Crippen LogP contribution in [0.25, 0.3) is 0 Å². The number of hydrogen-bond acceptors (Lipinski definition) is 3. The predicted octanol–water partition coefficient (Wildman–Crippen LogP) is 8.06. The molecule has 0 fully saturated rings. The Kier molecular flexibility index (Phi) is 14.3. The third-order valence-electron chi connectivity index (χ3n) is 9.44. The molecule has 0 saturated carbocycles. The summed E-state index contributed by atoms with van der Waals surface area (Å²) < 4.78 is 300. The quantitative estimate of drug-likeness (QED) is 0.0216. The second-order valence-electron chi connectivity index (χ2n) is 12.9. The van der Waals surface area contributed by atoms with E-state index >= 15 is 35.1 Å². The highest BCUT2D eigenvalue weighted by Gasteiger charge is 2.52. The molecular weight excluding hydrogens is 957 g/mol. The summed E-state index contributed by atoms with van der Waals surface area (Å²) in [5.74, 6) is -71.9. The maximum atomic E-state index is 15.4. The van der Waals surface area contributed by atoms with Gasteiger partial charge in [-0.2, -0.15) is 4.57 Å². The van der Waals surface area contributed by atoms with E-state index in [0.717, 1.165) is 0 Å². The number of pyridine rings is 1. The molecule has 0 aliphatic heterocycles. The number of benzene rings is 5. The van der Waals surface area contributed by atoms with Crippen LogP contribution in [0.5, 0.6) is 0 Å². The SMILES string of the molecule is Fc1c(F)c(F)c([B-](c2c(F)c(F)c(F)c(F)c2F)(c2c(F)c(F)c(F)c(F)c2F)c2c(F)c(F)c(F)c(F)c2F)c(F)c1F.O=C(C[n+]1ccc(C(=O)OCCl)cc1)c1ccccc1. The molecule has 0 unspecified atom stereocenters. The number of nitrogens with zero attached hydrogens (tertiary/aromatic N) is 1. The molecule has 0 N–H and O–H groups in total. The highest BCUT2D eigenvalue weighted by atomic mass is 35.5. The molecule has 4 nitrogen and oxygen atoms in total. The van der Waals surface area contributed by atoms with Crippen molar-refractivity contribution in [2.45, 2.75) is 6.54 Å². The van der Waals surface area contributed by atoms with Crippen molar-refractivity contribution in [1.82, 2.24) is 0 Å². The van der Waals surface area contributed by atoms with E-state index in [1.807, 2.05) is 18.2 Å². The van der Waals surface area contributed by atoms with Gasteiger partial charge in [-0.25, -0.2) is 92.6 Å². The van der Waals surface area contributed by atoms with Crippen molar-refractivity contribution >= 4 is 51.4 Å². The number of halogens is 21. The van der Waals surface area contributed by atoms with Crippen LogP contribution in [0.2, 0.25) is 0 Å². The number of hydrogen-bond donors (Lipinski definition) is 0. The summed E-state index contributed by atoms with van der Waals surface area (Å²) in [5, 5.41) is 0. The van der Waals surface area contributed by atoms with Crippen LogP contribution in [-0.4, -0.2) is 24.0 Å². The lowest BCUT2D eigenvalue weighted by molar-refractivity contribution is -0.683. The van der Waals surface area contributed by atoms with Gasteiger partial charge in [-0.15, -0.1) is 21.9 Å². The highest BCUT2D eigenvalue weighted by molar-refractivity contribution is 7.20. The number of alkyl halides is 1. The lowest BCUT2D eigenvalue weighted by Gasteiger charge is -2.44. The van der Waals surface area contributed by atoms with Crippen LogP contribution in [0, 0.1) is 116 Å². The van der Waals surface area contributed by atoms with Crippen molar-refractivity contribution in [3.63, 3.8) is 0 Å². The summed E-state index contributed by atoms with van der Waals surface area (Å²) >= 11 is 5.32. The molecule has 1 heterocycles. The van der Waals surface area contributed by atoms with E-state index in [9.17, 15) is 62.3 Å². The zero-order chi connectivity index (χ0) is 48.7. The molecule has 6 rings (SSSR count). The fourth-order valence-electron chi connectivity index (χ4n) is 6.59. The van der Waals surface area contributed by atoms with Crippen molar-refractivity contribution in [3.05, 3.63) is 182 Å². The standard InChI is InChI=1S/C24BF20.C15H13ClNO3/c26-5-1(6(27)14(35)21(42)13(5)34)25(2-7(28)15(36)22(43)16(37)8(2)29,3-9(30)17(38)23(44)18(39)10(3)31)4-11(32)19(40)24(45)20(41)12(4)33;16-11-20-15(19)13-6-8-17(9-7-13)10-14(18)12-4-2-1-3-5-12/h;1-9H,10-11H2/q-1;+1. The van der Waals surface area contributed by atoms with Crippen LogP contribution in [0.3, 0.4) is 0 Å². The Morgan fingerprint density at radius 2 is 0.662 bits per heavy atom. The van der Waals surface area contributed by atoms with E-state index in [0.29, 0.717) is 11.1 Å². The third-order valence-corrected chi connectivity index (χ3v) is 9.55. The number of ketones is 1. The van der Waals surface area contributed by atoms with Gasteiger partial charge in [0, 0.05) is 17.7 Å². The number of aromatic nitrogens is 1. The maximum absolute atomic E-state index is 15.4. The van der Waals surface area contributed by atoms with Crippen LogP contribution < -0.4 is 26.4 Å². The molecule has 0 saturated heterocycles. The molecule has 26 heteroatoms. The Morgan fingerprint density at radius 3 is 0.923 bits per heavy atom. The first-order valence-corrected chi connectivity index (χ1v) is 17.5. The molecule has 6 aromatic rings. The molecular formula is C39H13BClF20NO3. The van der Waals surface area contributed by atoms with E-state index in [2.05, 4.69) is 4.74 Å². The molecule has 0 aliphatic carbocycles. The first kappa shape index (κ1) is 49.4. The molecule has 0 atom stereocenters. The van der Waals surface area contributed by atoms with Crippen LogP contribution in [0.1, 0.15) is 20.7 Å². The fraction of sp³-hybridized carbons (Fsp3) is 0.0513. The van der Waals surface area contributed by atoms with E-state index < -0.39 is 150 Å². The van der Waals surface area contributed by atoms with Crippen molar-refractivity contribution in [2.24, 2.45) is 0 Å². The average Bonchev–Trinajstić information content (AvgIpc) is 3.29. The van der Waals surface area contributed by atoms with E-state index in [-0.39, 0.29) is 18.4 Å². The van der Waals surface area contributed by atoms with Crippen molar-refractivity contribution in [1.29, 1.82) is 0 Å². The van der Waals surface area contributed by atoms with Crippen molar-refractivity contribution in [3.8, 4) is 0 Å². The van der Waals surface area contributed by atoms with Crippen molar-refractivity contribution in [2.75, 3.05) is 6.07 Å². The van der Waals surface area contributed by atoms with Gasteiger partial charge in [0.25, 0.3) is 0 Å². The summed E-state index contributed by atoms with van der Waals surface area (Å²) in [6, 6.07) is 12.1. The Bertz CT molecular complexity index is 2520. The Balaban J connectivity index is 0.000000330. The van der Waals surface area contributed by atoms with Gasteiger partial charge in [0.15, 0.2) is 88.3 Å². The molecule has 0 bridgehead atoms.